The molecular weight excluding hydrogens is 392 g/mol. The molecule has 148 valence electrons. The fraction of sp³-hybridized carbons (Fsp3) is 0.143. The van der Waals surface area contributed by atoms with Gasteiger partial charge in [0.2, 0.25) is 0 Å². The van der Waals surface area contributed by atoms with Crippen LogP contribution >= 0.6 is 11.3 Å². The highest BCUT2D eigenvalue weighted by molar-refractivity contribution is 7.14. The fourth-order valence-corrected chi connectivity index (χ4v) is 3.63. The smallest absolute Gasteiger partial charge is 0.345 e. The number of fused-ring (bicyclic) bond motifs is 1. The lowest BCUT2D eigenvalue weighted by atomic mass is 10.1. The second kappa shape index (κ2) is 7.84. The van der Waals surface area contributed by atoms with Gasteiger partial charge in [0.15, 0.2) is 16.6 Å². The Morgan fingerprint density at radius 1 is 0.966 bits per heavy atom. The van der Waals surface area contributed by atoms with Gasteiger partial charge in [-0.25, -0.2) is 9.78 Å². The summed E-state index contributed by atoms with van der Waals surface area (Å²) in [5.74, 6) is 1.94. The zero-order valence-corrected chi connectivity index (χ0v) is 16.8. The number of nitrogens with one attached hydrogen (secondary N) is 1. The van der Waals surface area contributed by atoms with E-state index in [0.717, 1.165) is 11.1 Å². The predicted octanol–water partition coefficient (Wildman–Crippen LogP) is 4.69. The lowest BCUT2D eigenvalue weighted by molar-refractivity contribution is 0.355. The monoisotopic (exact) mass is 410 g/mol. The Hall–Kier alpha value is -3.52. The third-order valence-electron chi connectivity index (χ3n) is 4.35. The summed E-state index contributed by atoms with van der Waals surface area (Å²) in [5.41, 5.74) is 1.78. The molecule has 0 saturated heterocycles. The molecule has 4 aromatic rings. The highest BCUT2D eigenvalue weighted by Gasteiger charge is 2.13. The first-order valence-electron chi connectivity index (χ1n) is 8.68. The van der Waals surface area contributed by atoms with Crippen molar-refractivity contribution in [1.82, 2.24) is 4.98 Å². The maximum Gasteiger partial charge on any atom is 0.345 e. The molecule has 0 saturated carbocycles. The molecule has 4 rings (SSSR count). The zero-order valence-electron chi connectivity index (χ0n) is 16.0. The Kier molecular flexibility index (Phi) is 5.09. The molecule has 0 bridgehead atoms. The van der Waals surface area contributed by atoms with E-state index in [1.54, 1.807) is 51.0 Å². The van der Waals surface area contributed by atoms with Crippen molar-refractivity contribution in [3.8, 4) is 28.5 Å². The summed E-state index contributed by atoms with van der Waals surface area (Å²) in [6.45, 7) is 0. The number of benzene rings is 2. The third-order valence-corrected chi connectivity index (χ3v) is 5.11. The van der Waals surface area contributed by atoms with E-state index in [0.29, 0.717) is 39.2 Å². The van der Waals surface area contributed by atoms with Crippen LogP contribution in [0.5, 0.6) is 17.2 Å². The van der Waals surface area contributed by atoms with Crippen molar-refractivity contribution in [2.45, 2.75) is 0 Å². The van der Waals surface area contributed by atoms with E-state index in [1.807, 2.05) is 18.2 Å². The van der Waals surface area contributed by atoms with E-state index < -0.39 is 5.63 Å². The normalized spacial score (nSPS) is 10.7. The van der Waals surface area contributed by atoms with Crippen molar-refractivity contribution in [3.05, 3.63) is 58.3 Å². The number of anilines is 2. The molecule has 2 aromatic heterocycles. The molecule has 0 atom stereocenters. The number of hydrogen-bond donors (Lipinski definition) is 1. The van der Waals surface area contributed by atoms with Gasteiger partial charge in [-0.05, 0) is 36.4 Å². The van der Waals surface area contributed by atoms with Crippen LogP contribution in [0.2, 0.25) is 0 Å². The molecule has 1 N–H and O–H groups in total. The van der Waals surface area contributed by atoms with E-state index in [9.17, 15) is 4.79 Å². The average molecular weight is 410 g/mol. The number of hydrogen-bond acceptors (Lipinski definition) is 8. The van der Waals surface area contributed by atoms with Gasteiger partial charge >= 0.3 is 5.63 Å². The predicted molar refractivity (Wildman–Crippen MR) is 113 cm³/mol. The lowest BCUT2D eigenvalue weighted by Gasteiger charge is -2.09. The number of methoxy groups -OCH3 is 3. The minimum Gasteiger partial charge on any atom is -0.497 e. The maximum absolute atomic E-state index is 12.4. The van der Waals surface area contributed by atoms with Gasteiger partial charge in [-0.2, -0.15) is 0 Å². The van der Waals surface area contributed by atoms with Crippen molar-refractivity contribution < 1.29 is 18.6 Å². The van der Waals surface area contributed by atoms with Gasteiger partial charge in [-0.1, -0.05) is 0 Å². The fourth-order valence-electron chi connectivity index (χ4n) is 2.90. The van der Waals surface area contributed by atoms with Gasteiger partial charge in [-0.15, -0.1) is 11.3 Å². The van der Waals surface area contributed by atoms with Gasteiger partial charge in [-0.3, -0.25) is 0 Å². The zero-order chi connectivity index (χ0) is 20.4. The van der Waals surface area contributed by atoms with E-state index >= 15 is 0 Å². The van der Waals surface area contributed by atoms with Crippen molar-refractivity contribution in [1.29, 1.82) is 0 Å². The Balaban J connectivity index is 1.65. The molecule has 0 spiro atoms. The van der Waals surface area contributed by atoms with E-state index in [4.69, 9.17) is 18.6 Å². The Morgan fingerprint density at radius 2 is 1.79 bits per heavy atom. The summed E-state index contributed by atoms with van der Waals surface area (Å²) in [6.07, 6.45) is 0. The number of nitrogens with zero attached hydrogens (tertiary/aromatic N) is 1. The SMILES string of the molecule is COc1ccc2oc(=O)c(-c3csc(Nc4ccc(OC)c(OC)c4)n3)cc2c1. The van der Waals surface area contributed by atoms with Gasteiger partial charge < -0.3 is 23.9 Å². The summed E-state index contributed by atoms with van der Waals surface area (Å²) >= 11 is 1.38. The molecule has 8 heteroatoms. The molecule has 2 heterocycles. The maximum atomic E-state index is 12.4. The van der Waals surface area contributed by atoms with Crippen LogP contribution in [0, 0.1) is 0 Å². The molecule has 0 aliphatic rings. The van der Waals surface area contributed by atoms with Crippen LogP contribution in [0.4, 0.5) is 10.8 Å². The molecule has 0 aliphatic heterocycles. The summed E-state index contributed by atoms with van der Waals surface area (Å²) in [4.78, 5) is 17.0. The average Bonchev–Trinajstić information content (AvgIpc) is 3.20. The minimum absolute atomic E-state index is 0.391. The van der Waals surface area contributed by atoms with Crippen LogP contribution in [0.3, 0.4) is 0 Å². The molecule has 0 amide bonds. The second-order valence-electron chi connectivity index (χ2n) is 6.08. The first-order chi connectivity index (χ1) is 14.1. The molecule has 2 aromatic carbocycles. The summed E-state index contributed by atoms with van der Waals surface area (Å²) in [7, 11) is 4.76. The number of rotatable bonds is 6. The van der Waals surface area contributed by atoms with Gasteiger partial charge in [0, 0.05) is 22.5 Å². The van der Waals surface area contributed by atoms with Crippen molar-refractivity contribution >= 4 is 33.1 Å². The first-order valence-corrected chi connectivity index (χ1v) is 9.56. The van der Waals surface area contributed by atoms with Crippen LogP contribution in [0.1, 0.15) is 0 Å². The first kappa shape index (κ1) is 18.8. The number of aromatic nitrogens is 1. The van der Waals surface area contributed by atoms with Crippen molar-refractivity contribution in [2.75, 3.05) is 26.6 Å². The number of ether oxygens (including phenoxy) is 3. The highest BCUT2D eigenvalue weighted by atomic mass is 32.1. The topological polar surface area (TPSA) is 82.8 Å². The minimum atomic E-state index is -0.439. The molecule has 29 heavy (non-hydrogen) atoms. The van der Waals surface area contributed by atoms with Gasteiger partial charge in [0.05, 0.1) is 32.6 Å². The molecule has 0 radical (unpaired) electrons. The molecule has 0 unspecified atom stereocenters. The van der Waals surface area contributed by atoms with Gasteiger partial charge in [0.25, 0.3) is 0 Å². The summed E-state index contributed by atoms with van der Waals surface area (Å²) in [5, 5.41) is 6.42. The van der Waals surface area contributed by atoms with Crippen LogP contribution in [-0.2, 0) is 0 Å². The molecule has 0 fully saturated rings. The van der Waals surface area contributed by atoms with Crippen LogP contribution in [-0.4, -0.2) is 26.3 Å². The molecule has 0 aliphatic carbocycles. The standard InChI is InChI=1S/C21H18N2O5S/c1-25-14-5-7-17-12(8-14)9-15(20(24)28-17)16-11-29-21(23-16)22-13-4-6-18(26-2)19(10-13)27-3/h4-11H,1-3H3,(H,22,23). The largest absolute Gasteiger partial charge is 0.497 e. The Bertz CT molecular complexity index is 1230. The second-order valence-corrected chi connectivity index (χ2v) is 6.94. The Morgan fingerprint density at radius 3 is 2.55 bits per heavy atom. The van der Waals surface area contributed by atoms with Crippen LogP contribution in [0.25, 0.3) is 22.2 Å². The molecule has 7 nitrogen and oxygen atoms in total. The Labute approximate surface area is 170 Å². The number of thiazole rings is 1. The summed E-state index contributed by atoms with van der Waals surface area (Å²) < 4.78 is 21.2. The van der Waals surface area contributed by atoms with Crippen LogP contribution in [0.15, 0.2) is 57.1 Å². The molecular formula is C21H18N2O5S. The van der Waals surface area contributed by atoms with Crippen molar-refractivity contribution in [3.63, 3.8) is 0 Å². The van der Waals surface area contributed by atoms with Crippen LogP contribution < -0.4 is 25.2 Å². The quantitative estimate of drug-likeness (QED) is 0.462. The summed E-state index contributed by atoms with van der Waals surface area (Å²) in [6, 6.07) is 12.5. The van der Waals surface area contributed by atoms with Gasteiger partial charge in [0.1, 0.15) is 11.3 Å². The lowest BCUT2D eigenvalue weighted by Crippen LogP contribution is -2.03. The van der Waals surface area contributed by atoms with E-state index in [1.165, 1.54) is 11.3 Å². The third kappa shape index (κ3) is 3.74. The van der Waals surface area contributed by atoms with E-state index in [2.05, 4.69) is 10.3 Å². The van der Waals surface area contributed by atoms with Crippen molar-refractivity contribution in [2.24, 2.45) is 0 Å². The van der Waals surface area contributed by atoms with E-state index in [-0.39, 0.29) is 0 Å². The highest BCUT2D eigenvalue weighted by Crippen LogP contribution is 2.33.